The van der Waals surface area contributed by atoms with Crippen molar-refractivity contribution in [1.82, 2.24) is 10.2 Å². The third kappa shape index (κ3) is 3.71. The molecular weight excluding hydrogens is 296 g/mol. The van der Waals surface area contributed by atoms with Gasteiger partial charge in [0.15, 0.2) is 11.5 Å². The lowest BCUT2D eigenvalue weighted by Gasteiger charge is -2.41. The summed E-state index contributed by atoms with van der Waals surface area (Å²) in [6, 6.07) is 4.02. The van der Waals surface area contributed by atoms with Crippen molar-refractivity contribution < 1.29 is 18.9 Å². The van der Waals surface area contributed by atoms with Gasteiger partial charge in [0, 0.05) is 31.7 Å². The van der Waals surface area contributed by atoms with Crippen LogP contribution in [0.4, 0.5) is 0 Å². The second-order valence-electron chi connectivity index (χ2n) is 6.55. The molecule has 0 radical (unpaired) electrons. The van der Waals surface area contributed by atoms with Crippen molar-refractivity contribution in [2.45, 2.75) is 25.9 Å². The van der Waals surface area contributed by atoms with E-state index in [4.69, 9.17) is 18.9 Å². The van der Waals surface area contributed by atoms with Crippen LogP contribution >= 0.6 is 0 Å². The number of fused-ring (bicyclic) bond motifs is 1. The Balaban J connectivity index is 1.58. The summed E-state index contributed by atoms with van der Waals surface area (Å²) >= 11 is 0. The lowest BCUT2D eigenvalue weighted by atomic mass is 10.0. The number of morpholine rings is 1. The first-order chi connectivity index (χ1) is 11.1. The molecule has 0 amide bonds. The third-order valence-corrected chi connectivity index (χ3v) is 4.47. The zero-order valence-corrected chi connectivity index (χ0v) is 14.2. The first kappa shape index (κ1) is 16.4. The molecule has 0 atom stereocenters. The average Bonchev–Trinajstić information content (AvgIpc) is 3.03. The van der Waals surface area contributed by atoms with E-state index in [1.54, 1.807) is 7.11 Å². The summed E-state index contributed by atoms with van der Waals surface area (Å²) in [5.41, 5.74) is 1.23. The number of hydrogen-bond acceptors (Lipinski definition) is 6. The zero-order valence-electron chi connectivity index (χ0n) is 14.2. The number of benzene rings is 1. The SMILES string of the molecule is COc1cc(CNCC(C)(C)N2CCOCC2)cc2c1OCO2. The number of nitrogens with zero attached hydrogens (tertiary/aromatic N) is 1. The van der Waals surface area contributed by atoms with Crippen molar-refractivity contribution in [3.05, 3.63) is 17.7 Å². The molecule has 0 aliphatic carbocycles. The largest absolute Gasteiger partial charge is 0.493 e. The number of ether oxygens (including phenoxy) is 4. The third-order valence-electron chi connectivity index (χ3n) is 4.47. The Labute approximate surface area is 137 Å². The second-order valence-corrected chi connectivity index (χ2v) is 6.55. The quantitative estimate of drug-likeness (QED) is 0.859. The van der Waals surface area contributed by atoms with Crippen LogP contribution in [0.3, 0.4) is 0 Å². The highest BCUT2D eigenvalue weighted by molar-refractivity contribution is 5.55. The molecule has 3 rings (SSSR count). The van der Waals surface area contributed by atoms with Crippen LogP contribution in [-0.2, 0) is 11.3 Å². The van der Waals surface area contributed by atoms with E-state index in [-0.39, 0.29) is 12.3 Å². The van der Waals surface area contributed by atoms with Crippen LogP contribution in [0.15, 0.2) is 12.1 Å². The fourth-order valence-electron chi connectivity index (χ4n) is 3.08. The van der Waals surface area contributed by atoms with Crippen LogP contribution in [0.1, 0.15) is 19.4 Å². The summed E-state index contributed by atoms with van der Waals surface area (Å²) in [5, 5.41) is 3.55. The minimum absolute atomic E-state index is 0.101. The normalized spacial score (nSPS) is 18.2. The lowest BCUT2D eigenvalue weighted by molar-refractivity contribution is -0.00967. The number of nitrogens with one attached hydrogen (secondary N) is 1. The fourth-order valence-corrected chi connectivity index (χ4v) is 3.08. The van der Waals surface area contributed by atoms with Crippen LogP contribution in [-0.4, -0.2) is 57.2 Å². The summed E-state index contributed by atoms with van der Waals surface area (Å²) in [5.74, 6) is 2.18. The first-order valence-corrected chi connectivity index (χ1v) is 8.10. The molecule has 1 saturated heterocycles. The topological polar surface area (TPSA) is 52.2 Å². The van der Waals surface area contributed by atoms with Crippen LogP contribution in [0.2, 0.25) is 0 Å². The van der Waals surface area contributed by atoms with Gasteiger partial charge in [-0.3, -0.25) is 4.90 Å². The molecule has 0 bridgehead atoms. The Morgan fingerprint density at radius 2 is 2.00 bits per heavy atom. The molecule has 1 aromatic rings. The molecule has 1 N–H and O–H groups in total. The Morgan fingerprint density at radius 3 is 2.74 bits per heavy atom. The monoisotopic (exact) mass is 322 g/mol. The molecule has 1 aromatic carbocycles. The van der Waals surface area contributed by atoms with Crippen LogP contribution in [0.25, 0.3) is 0 Å². The van der Waals surface area contributed by atoms with Gasteiger partial charge >= 0.3 is 0 Å². The van der Waals surface area contributed by atoms with E-state index in [9.17, 15) is 0 Å². The van der Waals surface area contributed by atoms with Gasteiger partial charge in [-0.05, 0) is 31.5 Å². The van der Waals surface area contributed by atoms with Gasteiger partial charge in [0.2, 0.25) is 12.5 Å². The second kappa shape index (κ2) is 6.95. The van der Waals surface area contributed by atoms with E-state index in [2.05, 4.69) is 24.1 Å². The summed E-state index contributed by atoms with van der Waals surface area (Å²) in [4.78, 5) is 2.48. The van der Waals surface area contributed by atoms with E-state index in [1.807, 2.05) is 12.1 Å². The highest BCUT2D eigenvalue weighted by Gasteiger charge is 2.28. The lowest BCUT2D eigenvalue weighted by Crippen LogP contribution is -2.54. The van der Waals surface area contributed by atoms with Gasteiger partial charge < -0.3 is 24.3 Å². The van der Waals surface area contributed by atoms with E-state index < -0.39 is 0 Å². The first-order valence-electron chi connectivity index (χ1n) is 8.10. The van der Waals surface area contributed by atoms with E-state index in [1.165, 1.54) is 0 Å². The molecule has 2 aliphatic heterocycles. The van der Waals surface area contributed by atoms with Gasteiger partial charge in [-0.1, -0.05) is 0 Å². The zero-order chi connectivity index (χ0) is 16.3. The van der Waals surface area contributed by atoms with E-state index in [0.717, 1.165) is 56.5 Å². The smallest absolute Gasteiger partial charge is 0.231 e. The molecule has 128 valence electrons. The van der Waals surface area contributed by atoms with Crippen molar-refractivity contribution in [2.75, 3.05) is 46.8 Å². The summed E-state index contributed by atoms with van der Waals surface area (Å²) in [6.45, 7) is 10.1. The summed E-state index contributed by atoms with van der Waals surface area (Å²) in [7, 11) is 1.65. The van der Waals surface area contributed by atoms with Crippen LogP contribution in [0.5, 0.6) is 17.2 Å². The molecule has 2 heterocycles. The molecule has 6 heteroatoms. The van der Waals surface area contributed by atoms with Crippen molar-refractivity contribution in [2.24, 2.45) is 0 Å². The number of rotatable bonds is 6. The number of hydrogen-bond donors (Lipinski definition) is 1. The highest BCUT2D eigenvalue weighted by Crippen LogP contribution is 2.41. The Bertz CT molecular complexity index is 542. The van der Waals surface area contributed by atoms with E-state index >= 15 is 0 Å². The van der Waals surface area contributed by atoms with Gasteiger partial charge in [-0.15, -0.1) is 0 Å². The average molecular weight is 322 g/mol. The molecule has 0 unspecified atom stereocenters. The van der Waals surface area contributed by atoms with Gasteiger partial charge in [-0.2, -0.15) is 0 Å². The molecule has 23 heavy (non-hydrogen) atoms. The predicted octanol–water partition coefficient (Wildman–Crippen LogP) is 1.62. The van der Waals surface area contributed by atoms with Crippen molar-refractivity contribution >= 4 is 0 Å². The number of methoxy groups -OCH3 is 1. The van der Waals surface area contributed by atoms with Crippen LogP contribution in [0, 0.1) is 0 Å². The molecule has 0 aromatic heterocycles. The maximum atomic E-state index is 5.47. The van der Waals surface area contributed by atoms with Gasteiger partial charge in [-0.25, -0.2) is 0 Å². The molecular formula is C17H26N2O4. The van der Waals surface area contributed by atoms with Crippen molar-refractivity contribution in [3.8, 4) is 17.2 Å². The maximum absolute atomic E-state index is 5.47. The maximum Gasteiger partial charge on any atom is 0.231 e. The summed E-state index contributed by atoms with van der Waals surface area (Å²) in [6.07, 6.45) is 0. The molecule has 2 aliphatic rings. The highest BCUT2D eigenvalue weighted by atomic mass is 16.7. The van der Waals surface area contributed by atoms with E-state index in [0.29, 0.717) is 5.75 Å². The predicted molar refractivity (Wildman–Crippen MR) is 87.3 cm³/mol. The standard InChI is InChI=1S/C17H26N2O4/c1-17(2,19-4-6-21-7-5-19)11-18-10-13-8-14(20-3)16-15(9-13)22-12-23-16/h8-9,18H,4-7,10-12H2,1-3H3. The van der Waals surface area contributed by atoms with Crippen molar-refractivity contribution in [3.63, 3.8) is 0 Å². The van der Waals surface area contributed by atoms with Crippen molar-refractivity contribution in [1.29, 1.82) is 0 Å². The van der Waals surface area contributed by atoms with Gasteiger partial charge in [0.1, 0.15) is 0 Å². The Hall–Kier alpha value is -1.50. The molecule has 1 fully saturated rings. The minimum atomic E-state index is 0.101. The van der Waals surface area contributed by atoms with Crippen LogP contribution < -0.4 is 19.5 Å². The minimum Gasteiger partial charge on any atom is -0.493 e. The van der Waals surface area contributed by atoms with Gasteiger partial charge in [0.05, 0.1) is 20.3 Å². The fraction of sp³-hybridized carbons (Fsp3) is 0.647. The summed E-state index contributed by atoms with van der Waals surface area (Å²) < 4.78 is 21.7. The Morgan fingerprint density at radius 1 is 1.22 bits per heavy atom. The molecule has 0 spiro atoms. The Kier molecular flexibility index (Phi) is 4.94. The molecule has 0 saturated carbocycles. The molecule has 6 nitrogen and oxygen atoms in total. The van der Waals surface area contributed by atoms with Gasteiger partial charge in [0.25, 0.3) is 0 Å².